The molecule has 0 aliphatic carbocycles. The van der Waals surface area contributed by atoms with E-state index >= 15 is 14.4 Å². The van der Waals surface area contributed by atoms with E-state index in [1.165, 1.54) is 0 Å². The maximum Gasteiger partial charge on any atom is 0.289 e. The van der Waals surface area contributed by atoms with Crippen LogP contribution in [-0.4, -0.2) is 105 Å². The monoisotopic (exact) mass is 1270 g/mol. The number of halogens is 4. The number of hydrogen-bond acceptors (Lipinski definition) is 9. The van der Waals surface area contributed by atoms with Crippen LogP contribution in [0.1, 0.15) is 49.7 Å². The van der Waals surface area contributed by atoms with Gasteiger partial charge >= 0.3 is 0 Å². The highest BCUT2D eigenvalue weighted by Crippen LogP contribution is 2.39. The third kappa shape index (κ3) is 9.82. The number of benzene rings is 2. The molecule has 72 heavy (non-hydrogen) atoms. The number of nitrogens with zero attached hydrogens (tertiary/aromatic N) is 10. The van der Waals surface area contributed by atoms with Crippen LogP contribution in [-0.2, 0) is 53.9 Å². The Labute approximate surface area is 453 Å². The highest BCUT2D eigenvalue weighted by molar-refractivity contribution is 9.13. The van der Waals surface area contributed by atoms with Crippen molar-refractivity contribution in [2.45, 2.75) is 103 Å². The maximum atomic E-state index is 15.6. The van der Waals surface area contributed by atoms with Crippen molar-refractivity contribution in [1.29, 1.82) is 0 Å². The summed E-state index contributed by atoms with van der Waals surface area (Å²) in [5, 5.41) is 5.38. The largest absolute Gasteiger partial charge is 0.361 e. The number of imidazole rings is 1. The van der Waals surface area contributed by atoms with Crippen LogP contribution in [0.25, 0.3) is 6.08 Å². The first-order chi connectivity index (χ1) is 34.3. The molecule has 2 saturated heterocycles. The van der Waals surface area contributed by atoms with Crippen molar-refractivity contribution in [3.8, 4) is 0 Å². The van der Waals surface area contributed by atoms with E-state index in [9.17, 15) is 4.79 Å². The summed E-state index contributed by atoms with van der Waals surface area (Å²) in [6.07, 6.45) is 2.27. The number of hydrazine groups is 1. The molecular formula is C50H58Br4N10O6Si2. The van der Waals surface area contributed by atoms with Crippen LogP contribution in [0, 0.1) is 11.8 Å². The molecule has 22 heteroatoms. The lowest BCUT2D eigenvalue weighted by Crippen LogP contribution is -2.62. The molecule has 0 N–H and O–H groups in total. The summed E-state index contributed by atoms with van der Waals surface area (Å²) in [4.78, 5) is 72.9. The lowest BCUT2D eigenvalue weighted by molar-refractivity contribution is -0.133. The molecular weight excluding hydrogens is 1210 g/mol. The van der Waals surface area contributed by atoms with Gasteiger partial charge in [0.2, 0.25) is 11.6 Å². The van der Waals surface area contributed by atoms with Gasteiger partial charge in [-0.3, -0.25) is 28.6 Å². The molecule has 0 spiro atoms. The van der Waals surface area contributed by atoms with Gasteiger partial charge in [-0.2, -0.15) is 0 Å². The van der Waals surface area contributed by atoms with Gasteiger partial charge in [0, 0.05) is 41.8 Å². The Hall–Kier alpha value is -4.17. The minimum absolute atomic E-state index is 0.121. The highest BCUT2D eigenvalue weighted by atomic mass is 79.9. The van der Waals surface area contributed by atoms with Crippen molar-refractivity contribution < 1.29 is 23.9 Å². The van der Waals surface area contributed by atoms with Crippen LogP contribution >= 0.6 is 63.7 Å². The first-order valence-corrected chi connectivity index (χ1v) is 34.9. The second-order valence-electron chi connectivity index (χ2n) is 21.6. The lowest BCUT2D eigenvalue weighted by Gasteiger charge is -2.45. The zero-order valence-electron chi connectivity index (χ0n) is 41.2. The summed E-state index contributed by atoms with van der Waals surface area (Å²) in [6.45, 7) is 16.6. The van der Waals surface area contributed by atoms with Gasteiger partial charge in [-0.05, 0) is 129 Å². The molecule has 0 radical (unpaired) electrons. The van der Waals surface area contributed by atoms with Gasteiger partial charge in [-0.15, -0.1) is 0 Å². The summed E-state index contributed by atoms with van der Waals surface area (Å²) in [5.41, 5.74) is 4.76. The number of carbonyl (C=O) groups is 3. The fraction of sp³-hybridized carbons (Fsp3) is 0.440. The fourth-order valence-electron chi connectivity index (χ4n) is 10.1. The van der Waals surface area contributed by atoms with Crippen LogP contribution in [0.2, 0.25) is 51.4 Å². The van der Waals surface area contributed by atoms with Gasteiger partial charge in [0.1, 0.15) is 45.4 Å². The molecule has 8 heterocycles. The Morgan fingerprint density at radius 2 is 1.22 bits per heavy atom. The summed E-state index contributed by atoms with van der Waals surface area (Å²) in [7, 11) is -2.81. The van der Waals surface area contributed by atoms with Gasteiger partial charge in [0.25, 0.3) is 23.3 Å². The smallest absolute Gasteiger partial charge is 0.289 e. The van der Waals surface area contributed by atoms with E-state index in [0.29, 0.717) is 85.7 Å². The molecule has 2 aromatic carbocycles. The van der Waals surface area contributed by atoms with Crippen LogP contribution in [0.4, 0.5) is 0 Å². The normalized spacial score (nSPS) is 19.6. The van der Waals surface area contributed by atoms with E-state index in [4.69, 9.17) is 19.5 Å². The molecule has 0 saturated carbocycles. The third-order valence-electron chi connectivity index (χ3n) is 14.2. The second kappa shape index (κ2) is 20.2. The number of ether oxygens (including phenoxy) is 2. The van der Waals surface area contributed by atoms with Gasteiger partial charge in [-0.1, -0.05) is 87.8 Å². The lowest BCUT2D eigenvalue weighted by atomic mass is 9.83. The molecule has 5 aromatic rings. The Morgan fingerprint density at radius 1 is 0.694 bits per heavy atom. The molecule has 3 aromatic heterocycles. The van der Waals surface area contributed by atoms with Crippen molar-refractivity contribution >= 4 is 110 Å². The van der Waals surface area contributed by atoms with E-state index in [2.05, 4.69) is 103 Å². The number of aliphatic imine (C=N–C) groups is 1. The van der Waals surface area contributed by atoms with E-state index in [-0.39, 0.29) is 56.4 Å². The summed E-state index contributed by atoms with van der Waals surface area (Å²) >= 11 is 14.8. The average molecular weight is 1270 g/mol. The number of rotatable bonds is 13. The Kier molecular flexibility index (Phi) is 14.4. The maximum absolute atomic E-state index is 15.6. The highest BCUT2D eigenvalue weighted by Gasteiger charge is 2.54. The number of aromatic nitrogens is 4. The predicted octanol–water partition coefficient (Wildman–Crippen LogP) is 7.96. The molecule has 380 valence electrons. The Morgan fingerprint density at radius 3 is 1.79 bits per heavy atom. The Bertz CT molecular complexity index is 3230. The minimum Gasteiger partial charge on any atom is -0.361 e. The first kappa shape index (κ1) is 51.3. The molecule has 5 aliphatic heterocycles. The molecule has 5 aliphatic rings. The third-order valence-corrected chi connectivity index (χ3v) is 21.6. The molecule has 3 atom stereocenters. The van der Waals surface area contributed by atoms with Crippen LogP contribution < -0.4 is 21.5 Å². The molecule has 3 amide bonds. The Balaban J connectivity index is 1.07. The standard InChI is InChI=1S/C50H58Br4N10O6Si2/c1-71(2,3)17-15-69-29-59-39(21-37(51)43(59)53)47(67)61-27-35(19-41-45(65)57-25-33-13-9-7-11-31(33)23-55-49(57)63(41)61)36-20-42-46(66)58-26-34-14-10-8-12-32(34)24-56-50(58)64(42)62(28-36)48(68)40-22-38(52)44(54)60(40)30-70-16-18-72(4,5)6/h7-14,19,21-22,35-36,42H,15-18,20,23-30H2,1-6H3/t35-,36+,42?/m1/s1. The second-order valence-corrected chi connectivity index (χ2v) is 36.1. The minimum atomic E-state index is -1.40. The van der Waals surface area contributed by atoms with Crippen molar-refractivity contribution in [1.82, 2.24) is 33.3 Å². The SMILES string of the molecule is C[Si](C)(C)CCOCn1c(C(=O)N2C[C@@H]([C@@H]3C=c4c(=O)n5c(n4N(C(=O)c4cc(Br)c(Br)n4COCC[Si](C)(C)C)C3)=NCc3ccccc3C5)CC3C(=O)N4Cc5ccccc5CN=C4N32)cc(Br)c1Br. The summed E-state index contributed by atoms with van der Waals surface area (Å²) in [5.74, 6) is -1.36. The average Bonchev–Trinajstić information content (AvgIpc) is 3.86. The van der Waals surface area contributed by atoms with Crippen molar-refractivity contribution in [2.24, 2.45) is 21.8 Å². The zero-order chi connectivity index (χ0) is 51.0. The van der Waals surface area contributed by atoms with Crippen molar-refractivity contribution in [3.05, 3.63) is 134 Å². The number of fused-ring (bicyclic) bond motifs is 8. The molecule has 0 bridgehead atoms. The zero-order valence-corrected chi connectivity index (χ0v) is 49.6. The van der Waals surface area contributed by atoms with E-state index in [1.807, 2.05) is 59.2 Å². The van der Waals surface area contributed by atoms with Crippen LogP contribution in [0.15, 0.2) is 93.6 Å². The number of carbonyl (C=O) groups excluding carboxylic acids is 3. The van der Waals surface area contributed by atoms with E-state index < -0.39 is 34.0 Å². The quantitative estimate of drug-likeness (QED) is 0.0860. The molecule has 2 fully saturated rings. The fourth-order valence-corrected chi connectivity index (χ4v) is 13.3. The van der Waals surface area contributed by atoms with E-state index in [1.54, 1.807) is 45.9 Å². The van der Waals surface area contributed by atoms with Crippen molar-refractivity contribution in [2.75, 3.05) is 31.3 Å². The molecule has 10 rings (SSSR count). The number of amides is 3. The number of guanidine groups is 1. The predicted molar refractivity (Wildman–Crippen MR) is 295 cm³/mol. The first-order valence-electron chi connectivity index (χ1n) is 24.3. The molecule has 16 nitrogen and oxygen atoms in total. The van der Waals surface area contributed by atoms with Gasteiger partial charge in [0.15, 0.2) is 0 Å². The van der Waals surface area contributed by atoms with Crippen molar-refractivity contribution in [3.63, 3.8) is 0 Å². The topological polar surface area (TPSA) is 144 Å². The van der Waals surface area contributed by atoms with Gasteiger partial charge in [0.05, 0.1) is 41.7 Å². The van der Waals surface area contributed by atoms with Gasteiger partial charge in [-0.25, -0.2) is 29.7 Å². The van der Waals surface area contributed by atoms with Crippen LogP contribution in [0.3, 0.4) is 0 Å². The van der Waals surface area contributed by atoms with Gasteiger partial charge < -0.3 is 18.6 Å². The van der Waals surface area contributed by atoms with E-state index in [0.717, 1.165) is 34.3 Å². The number of hydrogen-bond donors (Lipinski definition) is 0. The summed E-state index contributed by atoms with van der Waals surface area (Å²) < 4.78 is 22.1. The summed E-state index contributed by atoms with van der Waals surface area (Å²) in [6, 6.07) is 20.6. The molecule has 1 unspecified atom stereocenters. The van der Waals surface area contributed by atoms with Crippen LogP contribution in [0.5, 0.6) is 0 Å².